The molecule has 0 aliphatic heterocycles. The van der Waals surface area contributed by atoms with Crippen LogP contribution < -0.4 is 0 Å². The van der Waals surface area contributed by atoms with Gasteiger partial charge in [0, 0.05) is 12.7 Å². The second-order valence-electron chi connectivity index (χ2n) is 4.97. The number of unbranched alkanes of at least 4 members (excludes halogenated alkanes) is 1. The standard InChI is InChI=1S/C12H19ClN2O2/c1-9-10(13)8-15(14-9)7-5-4-6-12(2,3)11(16)17/h8H,4-7H2,1-3H3,(H,16,17). The summed E-state index contributed by atoms with van der Waals surface area (Å²) in [5, 5.41) is 13.9. The van der Waals surface area contributed by atoms with Crippen molar-refractivity contribution in [1.29, 1.82) is 0 Å². The van der Waals surface area contributed by atoms with Crippen LogP contribution in [0.15, 0.2) is 6.20 Å². The fraction of sp³-hybridized carbons (Fsp3) is 0.667. The highest BCUT2D eigenvalue weighted by atomic mass is 35.5. The first-order valence-electron chi connectivity index (χ1n) is 5.76. The summed E-state index contributed by atoms with van der Waals surface area (Å²) in [5.74, 6) is -0.740. The van der Waals surface area contributed by atoms with E-state index in [9.17, 15) is 4.79 Å². The van der Waals surface area contributed by atoms with E-state index in [-0.39, 0.29) is 0 Å². The van der Waals surface area contributed by atoms with Crippen LogP contribution in [0, 0.1) is 12.3 Å². The molecule has 0 aliphatic rings. The van der Waals surface area contributed by atoms with E-state index >= 15 is 0 Å². The van der Waals surface area contributed by atoms with Gasteiger partial charge in [-0.3, -0.25) is 9.48 Å². The molecular weight excluding hydrogens is 240 g/mol. The summed E-state index contributed by atoms with van der Waals surface area (Å²) in [6.07, 6.45) is 4.26. The summed E-state index contributed by atoms with van der Waals surface area (Å²) >= 11 is 5.90. The first kappa shape index (κ1) is 14.0. The predicted molar refractivity (Wildman–Crippen MR) is 67.2 cm³/mol. The Bertz CT molecular complexity index is 380. The van der Waals surface area contributed by atoms with Crippen molar-refractivity contribution in [2.24, 2.45) is 5.41 Å². The van der Waals surface area contributed by atoms with Crippen molar-refractivity contribution in [2.75, 3.05) is 0 Å². The molecule has 0 saturated carbocycles. The van der Waals surface area contributed by atoms with Crippen LogP contribution in [0.25, 0.3) is 0 Å². The number of halogens is 1. The third-order valence-electron chi connectivity index (χ3n) is 2.90. The summed E-state index contributed by atoms with van der Waals surface area (Å²) in [6.45, 7) is 6.16. The third kappa shape index (κ3) is 4.04. The SMILES string of the molecule is Cc1nn(CCCCC(C)(C)C(=O)O)cc1Cl. The van der Waals surface area contributed by atoms with Crippen molar-refractivity contribution < 1.29 is 9.90 Å². The minimum absolute atomic E-state index is 0.641. The second kappa shape index (κ2) is 5.54. The number of carboxylic acid groups (broad SMARTS) is 1. The first-order chi connectivity index (χ1) is 7.83. The maximum atomic E-state index is 10.9. The van der Waals surface area contributed by atoms with Crippen LogP contribution in [0.4, 0.5) is 0 Å². The van der Waals surface area contributed by atoms with Crippen molar-refractivity contribution >= 4 is 17.6 Å². The van der Waals surface area contributed by atoms with Crippen LogP contribution in [-0.4, -0.2) is 20.9 Å². The zero-order chi connectivity index (χ0) is 13.1. The number of hydrogen-bond donors (Lipinski definition) is 1. The number of hydrogen-bond acceptors (Lipinski definition) is 2. The molecule has 0 bridgehead atoms. The molecule has 5 heteroatoms. The molecule has 0 spiro atoms. The maximum absolute atomic E-state index is 10.9. The van der Waals surface area contributed by atoms with E-state index in [0.29, 0.717) is 11.4 Å². The molecule has 96 valence electrons. The molecule has 1 heterocycles. The number of carbonyl (C=O) groups is 1. The smallest absolute Gasteiger partial charge is 0.309 e. The van der Waals surface area contributed by atoms with Gasteiger partial charge in [-0.05, 0) is 33.6 Å². The number of aromatic nitrogens is 2. The molecule has 1 N–H and O–H groups in total. The van der Waals surface area contributed by atoms with E-state index in [4.69, 9.17) is 16.7 Å². The molecule has 4 nitrogen and oxygen atoms in total. The third-order valence-corrected chi connectivity index (χ3v) is 3.28. The Kier molecular flexibility index (Phi) is 4.57. The zero-order valence-electron chi connectivity index (χ0n) is 10.5. The molecule has 0 saturated heterocycles. The fourth-order valence-electron chi connectivity index (χ4n) is 1.56. The molecule has 0 amide bonds. The van der Waals surface area contributed by atoms with Crippen LogP contribution in [0.3, 0.4) is 0 Å². The molecule has 0 fully saturated rings. The van der Waals surface area contributed by atoms with E-state index in [1.54, 1.807) is 20.0 Å². The highest BCUT2D eigenvalue weighted by Gasteiger charge is 2.25. The van der Waals surface area contributed by atoms with Crippen LogP contribution in [0.1, 0.15) is 38.8 Å². The molecule has 0 aromatic carbocycles. The molecule has 1 aromatic heterocycles. The normalized spacial score (nSPS) is 11.8. The Morgan fingerprint density at radius 2 is 2.18 bits per heavy atom. The van der Waals surface area contributed by atoms with Gasteiger partial charge in [-0.2, -0.15) is 5.10 Å². The molecular formula is C12H19ClN2O2. The van der Waals surface area contributed by atoms with E-state index in [0.717, 1.165) is 25.1 Å². The molecule has 0 atom stereocenters. The van der Waals surface area contributed by atoms with Crippen molar-refractivity contribution in [3.05, 3.63) is 16.9 Å². The molecule has 0 radical (unpaired) electrons. The Hall–Kier alpha value is -1.03. The van der Waals surface area contributed by atoms with E-state index in [1.165, 1.54) is 0 Å². The van der Waals surface area contributed by atoms with Crippen molar-refractivity contribution in [3.63, 3.8) is 0 Å². The fourth-order valence-corrected chi connectivity index (χ4v) is 1.71. The van der Waals surface area contributed by atoms with Gasteiger partial charge < -0.3 is 5.11 Å². The van der Waals surface area contributed by atoms with Gasteiger partial charge >= 0.3 is 5.97 Å². The molecule has 17 heavy (non-hydrogen) atoms. The Morgan fingerprint density at radius 1 is 1.53 bits per heavy atom. The minimum atomic E-state index is -0.740. The number of nitrogens with zero attached hydrogens (tertiary/aromatic N) is 2. The van der Waals surface area contributed by atoms with Crippen molar-refractivity contribution in [2.45, 2.75) is 46.6 Å². The number of rotatable bonds is 6. The van der Waals surface area contributed by atoms with Gasteiger partial charge in [0.15, 0.2) is 0 Å². The second-order valence-corrected chi connectivity index (χ2v) is 5.38. The van der Waals surface area contributed by atoms with Crippen molar-refractivity contribution in [3.8, 4) is 0 Å². The lowest BCUT2D eigenvalue weighted by atomic mass is 9.87. The van der Waals surface area contributed by atoms with Crippen LogP contribution in [0.2, 0.25) is 5.02 Å². The van der Waals surface area contributed by atoms with E-state index in [2.05, 4.69) is 5.10 Å². The molecule has 0 unspecified atom stereocenters. The highest BCUT2D eigenvalue weighted by molar-refractivity contribution is 6.31. The summed E-state index contributed by atoms with van der Waals surface area (Å²) in [4.78, 5) is 10.9. The largest absolute Gasteiger partial charge is 0.481 e. The summed E-state index contributed by atoms with van der Waals surface area (Å²) in [5.41, 5.74) is 0.190. The zero-order valence-corrected chi connectivity index (χ0v) is 11.3. The van der Waals surface area contributed by atoms with Gasteiger partial charge in [-0.25, -0.2) is 0 Å². The van der Waals surface area contributed by atoms with E-state index < -0.39 is 11.4 Å². The lowest BCUT2D eigenvalue weighted by Gasteiger charge is -2.18. The Labute approximate surface area is 107 Å². The summed E-state index contributed by atoms with van der Waals surface area (Å²) in [7, 11) is 0. The Balaban J connectivity index is 2.32. The number of aryl methyl sites for hydroxylation is 2. The van der Waals surface area contributed by atoms with Crippen LogP contribution in [-0.2, 0) is 11.3 Å². The molecule has 0 aliphatic carbocycles. The first-order valence-corrected chi connectivity index (χ1v) is 6.13. The number of carboxylic acids is 1. The molecule has 1 rings (SSSR count). The van der Waals surface area contributed by atoms with Crippen molar-refractivity contribution in [1.82, 2.24) is 9.78 Å². The predicted octanol–water partition coefficient (Wildman–Crippen LogP) is 3.13. The average molecular weight is 259 g/mol. The summed E-state index contributed by atoms with van der Waals surface area (Å²) < 4.78 is 1.81. The van der Waals surface area contributed by atoms with Gasteiger partial charge in [0.25, 0.3) is 0 Å². The van der Waals surface area contributed by atoms with Gasteiger partial charge in [-0.15, -0.1) is 0 Å². The van der Waals surface area contributed by atoms with E-state index in [1.807, 2.05) is 11.6 Å². The maximum Gasteiger partial charge on any atom is 0.309 e. The lowest BCUT2D eigenvalue weighted by molar-refractivity contribution is -0.147. The van der Waals surface area contributed by atoms with Gasteiger partial charge in [0.05, 0.1) is 16.1 Å². The quantitative estimate of drug-likeness (QED) is 0.798. The minimum Gasteiger partial charge on any atom is -0.481 e. The van der Waals surface area contributed by atoms with Crippen LogP contribution in [0.5, 0.6) is 0 Å². The molecule has 1 aromatic rings. The average Bonchev–Trinajstić information content (AvgIpc) is 2.53. The Morgan fingerprint density at radius 3 is 2.65 bits per heavy atom. The lowest BCUT2D eigenvalue weighted by Crippen LogP contribution is -2.23. The summed E-state index contributed by atoms with van der Waals surface area (Å²) in [6, 6.07) is 0. The topological polar surface area (TPSA) is 55.1 Å². The monoisotopic (exact) mass is 258 g/mol. The van der Waals surface area contributed by atoms with Crippen LogP contribution >= 0.6 is 11.6 Å². The highest BCUT2D eigenvalue weighted by Crippen LogP contribution is 2.23. The van der Waals surface area contributed by atoms with Gasteiger partial charge in [-0.1, -0.05) is 18.0 Å². The van der Waals surface area contributed by atoms with Gasteiger partial charge in [0.2, 0.25) is 0 Å². The number of aliphatic carboxylic acids is 1. The van der Waals surface area contributed by atoms with Gasteiger partial charge in [0.1, 0.15) is 0 Å².